The number of nitrogens with one attached hydrogen (secondary N) is 2. The number of carbonyl (C=O) groups is 2. The third-order valence-electron chi connectivity index (χ3n) is 3.35. The molecule has 6 nitrogen and oxygen atoms in total. The molecule has 0 saturated heterocycles. The van der Waals surface area contributed by atoms with Gasteiger partial charge in [0, 0.05) is 19.5 Å². The molecule has 0 fully saturated rings. The molecule has 1 aromatic rings. The van der Waals surface area contributed by atoms with Crippen LogP contribution in [0, 0.1) is 0 Å². The predicted molar refractivity (Wildman–Crippen MR) is 74.2 cm³/mol. The normalized spacial score (nSPS) is 11.2. The fourth-order valence-electron chi connectivity index (χ4n) is 1.64. The van der Waals surface area contributed by atoms with Gasteiger partial charge in [0.05, 0.1) is 17.4 Å². The summed E-state index contributed by atoms with van der Waals surface area (Å²) in [5, 5.41) is 15.3. The molecular weight excluding hydrogens is 260 g/mol. The number of hydrogen-bond donors (Lipinski definition) is 3. The Morgan fingerprint density at radius 3 is 2.55 bits per heavy atom. The molecule has 0 unspecified atom stereocenters. The number of amides is 2. The minimum absolute atomic E-state index is 0.174. The first-order valence-corrected chi connectivity index (χ1v) is 6.80. The van der Waals surface area contributed by atoms with Crippen LogP contribution in [-0.4, -0.2) is 35.6 Å². The van der Waals surface area contributed by atoms with E-state index in [-0.39, 0.29) is 31.3 Å². The maximum absolute atomic E-state index is 11.6. The molecule has 1 aromatic heterocycles. The summed E-state index contributed by atoms with van der Waals surface area (Å²) in [6.45, 7) is 4.22. The van der Waals surface area contributed by atoms with Crippen LogP contribution >= 0.6 is 0 Å². The monoisotopic (exact) mass is 282 g/mol. The zero-order valence-corrected chi connectivity index (χ0v) is 11.9. The first-order valence-electron chi connectivity index (χ1n) is 6.80. The van der Waals surface area contributed by atoms with E-state index in [4.69, 9.17) is 4.42 Å². The van der Waals surface area contributed by atoms with Gasteiger partial charge in [-0.05, 0) is 18.9 Å². The number of carbonyl (C=O) groups excluding carboxylic acids is 2. The second-order valence-electron chi connectivity index (χ2n) is 4.73. The number of aliphatic hydroxyl groups is 1. The predicted octanol–water partition coefficient (Wildman–Crippen LogP) is 1.07. The largest absolute Gasteiger partial charge is 0.472 e. The Balaban J connectivity index is 2.22. The molecule has 1 rings (SSSR count). The van der Waals surface area contributed by atoms with Crippen molar-refractivity contribution in [2.24, 2.45) is 0 Å². The zero-order chi connectivity index (χ0) is 15.0. The summed E-state index contributed by atoms with van der Waals surface area (Å²) in [4.78, 5) is 23.2. The molecule has 0 aliphatic heterocycles. The smallest absolute Gasteiger partial charge is 0.254 e. The molecular formula is C14H22N2O4. The van der Waals surface area contributed by atoms with Gasteiger partial charge < -0.3 is 20.2 Å². The number of hydrogen-bond acceptors (Lipinski definition) is 4. The molecule has 0 spiro atoms. The van der Waals surface area contributed by atoms with Crippen LogP contribution in [0.5, 0.6) is 0 Å². The van der Waals surface area contributed by atoms with E-state index < -0.39 is 5.60 Å². The standard InChI is InChI=1S/C14H22N2O4/c1-3-14(19,4-2)10-16-12(17)5-7-15-13(18)11-6-8-20-9-11/h6,8-9,19H,3-5,7,10H2,1-2H3,(H,15,18)(H,16,17). The minimum atomic E-state index is -0.851. The molecule has 2 amide bonds. The first-order chi connectivity index (χ1) is 9.50. The highest BCUT2D eigenvalue weighted by atomic mass is 16.3. The quantitative estimate of drug-likeness (QED) is 0.665. The van der Waals surface area contributed by atoms with Crippen molar-refractivity contribution in [3.05, 3.63) is 24.2 Å². The summed E-state index contributed by atoms with van der Waals surface area (Å²) in [5.74, 6) is -0.469. The molecule has 0 atom stereocenters. The second kappa shape index (κ2) is 7.69. The Morgan fingerprint density at radius 1 is 1.30 bits per heavy atom. The Labute approximate surface area is 118 Å². The van der Waals surface area contributed by atoms with E-state index in [0.29, 0.717) is 18.4 Å². The lowest BCUT2D eigenvalue weighted by Crippen LogP contribution is -2.42. The van der Waals surface area contributed by atoms with E-state index in [0.717, 1.165) is 0 Å². The zero-order valence-electron chi connectivity index (χ0n) is 11.9. The SMILES string of the molecule is CCC(O)(CC)CNC(=O)CCNC(=O)c1ccoc1. The maximum atomic E-state index is 11.6. The summed E-state index contributed by atoms with van der Waals surface area (Å²) in [6, 6.07) is 1.55. The van der Waals surface area contributed by atoms with Gasteiger partial charge in [0.2, 0.25) is 5.91 Å². The van der Waals surface area contributed by atoms with Crippen molar-refractivity contribution in [3.63, 3.8) is 0 Å². The van der Waals surface area contributed by atoms with Crippen molar-refractivity contribution in [3.8, 4) is 0 Å². The van der Waals surface area contributed by atoms with Crippen molar-refractivity contribution >= 4 is 11.8 Å². The Hall–Kier alpha value is -1.82. The average molecular weight is 282 g/mol. The van der Waals surface area contributed by atoms with Gasteiger partial charge in [-0.3, -0.25) is 9.59 Å². The molecule has 1 heterocycles. The Morgan fingerprint density at radius 2 is 2.00 bits per heavy atom. The van der Waals surface area contributed by atoms with Crippen molar-refractivity contribution < 1.29 is 19.1 Å². The number of furan rings is 1. The summed E-state index contributed by atoms with van der Waals surface area (Å²) >= 11 is 0. The van der Waals surface area contributed by atoms with Crippen LogP contribution in [0.15, 0.2) is 23.0 Å². The summed E-state index contributed by atoms with van der Waals surface area (Å²) < 4.78 is 4.80. The Kier molecular flexibility index (Phi) is 6.24. The van der Waals surface area contributed by atoms with Crippen molar-refractivity contribution in [1.82, 2.24) is 10.6 Å². The topological polar surface area (TPSA) is 91.6 Å². The van der Waals surface area contributed by atoms with Gasteiger partial charge in [-0.25, -0.2) is 0 Å². The molecule has 3 N–H and O–H groups in total. The first kappa shape index (κ1) is 16.2. The van der Waals surface area contributed by atoms with Crippen molar-refractivity contribution in [2.75, 3.05) is 13.1 Å². The molecule has 6 heteroatoms. The molecule has 0 aliphatic rings. The van der Waals surface area contributed by atoms with Crippen molar-refractivity contribution in [2.45, 2.75) is 38.7 Å². The van der Waals surface area contributed by atoms with E-state index in [9.17, 15) is 14.7 Å². The lowest BCUT2D eigenvalue weighted by atomic mass is 9.97. The van der Waals surface area contributed by atoms with E-state index >= 15 is 0 Å². The highest BCUT2D eigenvalue weighted by Gasteiger charge is 2.22. The molecule has 112 valence electrons. The summed E-state index contributed by atoms with van der Waals surface area (Å²) in [6.07, 6.45) is 4.10. The molecule has 0 aromatic carbocycles. The van der Waals surface area contributed by atoms with Gasteiger partial charge in [-0.15, -0.1) is 0 Å². The maximum Gasteiger partial charge on any atom is 0.254 e. The molecule has 0 radical (unpaired) electrons. The summed E-state index contributed by atoms with van der Waals surface area (Å²) in [7, 11) is 0. The molecule has 20 heavy (non-hydrogen) atoms. The summed E-state index contributed by atoms with van der Waals surface area (Å²) in [5.41, 5.74) is -0.424. The van der Waals surface area contributed by atoms with Crippen LogP contribution in [0.4, 0.5) is 0 Å². The van der Waals surface area contributed by atoms with Gasteiger partial charge in [0.25, 0.3) is 5.91 Å². The van der Waals surface area contributed by atoms with Crippen molar-refractivity contribution in [1.29, 1.82) is 0 Å². The minimum Gasteiger partial charge on any atom is -0.472 e. The molecule has 0 aliphatic carbocycles. The van der Waals surface area contributed by atoms with E-state index in [2.05, 4.69) is 10.6 Å². The van der Waals surface area contributed by atoms with Gasteiger partial charge >= 0.3 is 0 Å². The van der Waals surface area contributed by atoms with Gasteiger partial charge in [0.15, 0.2) is 0 Å². The van der Waals surface area contributed by atoms with Crippen LogP contribution in [0.1, 0.15) is 43.5 Å². The Bertz CT molecular complexity index is 424. The lowest BCUT2D eigenvalue weighted by Gasteiger charge is -2.25. The van der Waals surface area contributed by atoms with Crippen LogP contribution in [0.3, 0.4) is 0 Å². The van der Waals surface area contributed by atoms with E-state index in [1.54, 1.807) is 6.07 Å². The highest BCUT2D eigenvalue weighted by molar-refractivity contribution is 5.93. The number of rotatable bonds is 8. The molecule has 0 bridgehead atoms. The third kappa shape index (κ3) is 5.05. The van der Waals surface area contributed by atoms with E-state index in [1.165, 1.54) is 12.5 Å². The average Bonchev–Trinajstić information content (AvgIpc) is 2.99. The van der Waals surface area contributed by atoms with Gasteiger partial charge in [0.1, 0.15) is 6.26 Å². The fourth-order valence-corrected chi connectivity index (χ4v) is 1.64. The lowest BCUT2D eigenvalue weighted by molar-refractivity contribution is -0.122. The van der Waals surface area contributed by atoms with Crippen LogP contribution in [0.25, 0.3) is 0 Å². The second-order valence-corrected chi connectivity index (χ2v) is 4.73. The fraction of sp³-hybridized carbons (Fsp3) is 0.571. The molecule has 0 saturated carbocycles. The third-order valence-corrected chi connectivity index (χ3v) is 3.35. The van der Waals surface area contributed by atoms with E-state index in [1.807, 2.05) is 13.8 Å². The van der Waals surface area contributed by atoms with Crippen LogP contribution in [-0.2, 0) is 4.79 Å². The van der Waals surface area contributed by atoms with Gasteiger partial charge in [-0.2, -0.15) is 0 Å². The van der Waals surface area contributed by atoms with Crippen LogP contribution < -0.4 is 10.6 Å². The highest BCUT2D eigenvalue weighted by Crippen LogP contribution is 2.12. The van der Waals surface area contributed by atoms with Crippen LogP contribution in [0.2, 0.25) is 0 Å². The van der Waals surface area contributed by atoms with Gasteiger partial charge in [-0.1, -0.05) is 13.8 Å².